The molecule has 100 valence electrons. The fraction of sp³-hybridized carbons (Fsp3) is 0.143. The Morgan fingerprint density at radius 3 is 2.26 bits per heavy atom. The molecule has 0 amide bonds. The second kappa shape index (κ2) is 6.12. The van der Waals surface area contributed by atoms with E-state index < -0.39 is 17.7 Å². The predicted molar refractivity (Wildman–Crippen MR) is 70.4 cm³/mol. The molecule has 0 saturated heterocycles. The van der Waals surface area contributed by atoms with E-state index in [1.54, 1.807) is 12.1 Å². The van der Waals surface area contributed by atoms with Crippen LogP contribution in [-0.2, 0) is 0 Å². The second-order valence-electron chi connectivity index (χ2n) is 4.04. The SMILES string of the molecule is NC(CSc1ccc(F)cc1)c1cc(F)ccc1F. The summed E-state index contributed by atoms with van der Waals surface area (Å²) in [7, 11) is 0. The quantitative estimate of drug-likeness (QED) is 0.861. The van der Waals surface area contributed by atoms with Crippen LogP contribution in [0.1, 0.15) is 11.6 Å². The first-order valence-corrected chi connectivity index (χ1v) is 6.64. The highest BCUT2D eigenvalue weighted by Gasteiger charge is 2.13. The molecule has 2 aromatic carbocycles. The van der Waals surface area contributed by atoms with Crippen molar-refractivity contribution in [1.82, 2.24) is 0 Å². The van der Waals surface area contributed by atoms with E-state index in [4.69, 9.17) is 5.73 Å². The minimum Gasteiger partial charge on any atom is -0.323 e. The third kappa shape index (κ3) is 3.75. The molecule has 1 unspecified atom stereocenters. The first kappa shape index (κ1) is 14.0. The lowest BCUT2D eigenvalue weighted by Gasteiger charge is -2.12. The standard InChI is InChI=1S/C14H12F3NS/c15-9-1-4-11(5-2-9)19-8-14(18)12-7-10(16)3-6-13(12)17/h1-7,14H,8,18H2. The summed E-state index contributed by atoms with van der Waals surface area (Å²) in [4.78, 5) is 0.827. The number of hydrogen-bond donors (Lipinski definition) is 1. The van der Waals surface area contributed by atoms with Crippen molar-refractivity contribution in [1.29, 1.82) is 0 Å². The molecule has 0 fully saturated rings. The number of halogens is 3. The van der Waals surface area contributed by atoms with Crippen LogP contribution in [-0.4, -0.2) is 5.75 Å². The number of benzene rings is 2. The van der Waals surface area contributed by atoms with Crippen LogP contribution in [0.4, 0.5) is 13.2 Å². The molecule has 2 rings (SSSR count). The maximum absolute atomic E-state index is 13.5. The fourth-order valence-corrected chi connectivity index (χ4v) is 2.49. The lowest BCUT2D eigenvalue weighted by atomic mass is 10.1. The monoisotopic (exact) mass is 283 g/mol. The Labute approximate surface area is 113 Å². The number of rotatable bonds is 4. The van der Waals surface area contributed by atoms with Crippen LogP contribution in [0.15, 0.2) is 47.4 Å². The van der Waals surface area contributed by atoms with Crippen LogP contribution in [0.5, 0.6) is 0 Å². The van der Waals surface area contributed by atoms with Crippen molar-refractivity contribution in [2.24, 2.45) is 5.73 Å². The van der Waals surface area contributed by atoms with Gasteiger partial charge in [0.15, 0.2) is 0 Å². The lowest BCUT2D eigenvalue weighted by Crippen LogP contribution is -2.15. The van der Waals surface area contributed by atoms with Crippen molar-refractivity contribution in [2.75, 3.05) is 5.75 Å². The zero-order valence-electron chi connectivity index (χ0n) is 9.95. The summed E-state index contributed by atoms with van der Waals surface area (Å²) < 4.78 is 39.3. The highest BCUT2D eigenvalue weighted by atomic mass is 32.2. The van der Waals surface area contributed by atoms with E-state index in [0.717, 1.165) is 23.1 Å². The molecular weight excluding hydrogens is 271 g/mol. The Hall–Kier alpha value is -1.46. The molecule has 0 aliphatic heterocycles. The summed E-state index contributed by atoms with van der Waals surface area (Å²) in [5, 5.41) is 0. The summed E-state index contributed by atoms with van der Waals surface area (Å²) in [6.45, 7) is 0. The minimum atomic E-state index is -0.620. The van der Waals surface area contributed by atoms with Crippen molar-refractivity contribution in [3.63, 3.8) is 0 Å². The summed E-state index contributed by atoms with van der Waals surface area (Å²) in [5.74, 6) is -0.969. The molecular formula is C14H12F3NS. The largest absolute Gasteiger partial charge is 0.323 e. The molecule has 0 saturated carbocycles. The van der Waals surface area contributed by atoms with Crippen LogP contribution < -0.4 is 5.73 Å². The summed E-state index contributed by atoms with van der Waals surface area (Å²) >= 11 is 1.37. The van der Waals surface area contributed by atoms with Gasteiger partial charge in [-0.25, -0.2) is 13.2 Å². The van der Waals surface area contributed by atoms with Crippen molar-refractivity contribution in [3.8, 4) is 0 Å². The third-order valence-electron chi connectivity index (χ3n) is 2.60. The molecule has 0 aromatic heterocycles. The van der Waals surface area contributed by atoms with Crippen molar-refractivity contribution in [3.05, 3.63) is 65.5 Å². The van der Waals surface area contributed by atoms with E-state index >= 15 is 0 Å². The topological polar surface area (TPSA) is 26.0 Å². The Kier molecular flexibility index (Phi) is 4.50. The number of hydrogen-bond acceptors (Lipinski definition) is 2. The summed E-state index contributed by atoms with van der Waals surface area (Å²) in [6.07, 6.45) is 0. The molecule has 0 aliphatic rings. The Bertz CT molecular complexity index is 557. The molecule has 5 heteroatoms. The van der Waals surface area contributed by atoms with Crippen LogP contribution >= 0.6 is 11.8 Å². The Balaban J connectivity index is 2.03. The molecule has 1 atom stereocenters. The smallest absolute Gasteiger partial charge is 0.128 e. The molecule has 2 aromatic rings. The first-order chi connectivity index (χ1) is 9.06. The highest BCUT2D eigenvalue weighted by molar-refractivity contribution is 7.99. The van der Waals surface area contributed by atoms with Gasteiger partial charge in [0.2, 0.25) is 0 Å². The lowest BCUT2D eigenvalue weighted by molar-refractivity contribution is 0.573. The second-order valence-corrected chi connectivity index (χ2v) is 5.13. The zero-order valence-corrected chi connectivity index (χ0v) is 10.8. The van der Waals surface area contributed by atoms with E-state index in [0.29, 0.717) is 5.75 Å². The maximum atomic E-state index is 13.5. The van der Waals surface area contributed by atoms with Gasteiger partial charge in [-0.2, -0.15) is 0 Å². The van der Waals surface area contributed by atoms with E-state index in [2.05, 4.69) is 0 Å². The molecule has 0 radical (unpaired) electrons. The molecule has 1 nitrogen and oxygen atoms in total. The average molecular weight is 283 g/mol. The van der Waals surface area contributed by atoms with Crippen molar-refractivity contribution >= 4 is 11.8 Å². The average Bonchev–Trinajstić information content (AvgIpc) is 2.40. The summed E-state index contributed by atoms with van der Waals surface area (Å²) in [6, 6.07) is 8.53. The zero-order chi connectivity index (χ0) is 13.8. The van der Waals surface area contributed by atoms with Crippen LogP contribution in [0.25, 0.3) is 0 Å². The summed E-state index contributed by atoms with van der Waals surface area (Å²) in [5.41, 5.74) is 5.99. The van der Waals surface area contributed by atoms with E-state index in [-0.39, 0.29) is 11.4 Å². The predicted octanol–water partition coefficient (Wildman–Crippen LogP) is 3.90. The van der Waals surface area contributed by atoms with Gasteiger partial charge in [-0.05, 0) is 42.5 Å². The molecule has 0 aliphatic carbocycles. The number of thioether (sulfide) groups is 1. The molecule has 19 heavy (non-hydrogen) atoms. The van der Waals surface area contributed by atoms with E-state index in [1.165, 1.54) is 23.9 Å². The Morgan fingerprint density at radius 2 is 1.58 bits per heavy atom. The van der Waals surface area contributed by atoms with E-state index in [9.17, 15) is 13.2 Å². The molecule has 0 heterocycles. The van der Waals surface area contributed by atoms with Gasteiger partial charge < -0.3 is 5.73 Å². The normalized spacial score (nSPS) is 12.4. The first-order valence-electron chi connectivity index (χ1n) is 5.65. The van der Waals surface area contributed by atoms with Gasteiger partial charge in [-0.3, -0.25) is 0 Å². The minimum absolute atomic E-state index is 0.148. The van der Waals surface area contributed by atoms with Gasteiger partial charge in [0.25, 0.3) is 0 Å². The molecule has 2 N–H and O–H groups in total. The van der Waals surface area contributed by atoms with E-state index in [1.807, 2.05) is 0 Å². The van der Waals surface area contributed by atoms with Crippen molar-refractivity contribution in [2.45, 2.75) is 10.9 Å². The fourth-order valence-electron chi connectivity index (χ4n) is 1.61. The van der Waals surface area contributed by atoms with Gasteiger partial charge in [-0.15, -0.1) is 11.8 Å². The molecule has 0 bridgehead atoms. The van der Waals surface area contributed by atoms with Crippen LogP contribution in [0.3, 0.4) is 0 Å². The van der Waals surface area contributed by atoms with Gasteiger partial charge in [0, 0.05) is 22.3 Å². The highest BCUT2D eigenvalue weighted by Crippen LogP contribution is 2.25. The van der Waals surface area contributed by atoms with Gasteiger partial charge >= 0.3 is 0 Å². The van der Waals surface area contributed by atoms with Gasteiger partial charge in [0.1, 0.15) is 17.5 Å². The molecule has 0 spiro atoms. The third-order valence-corrected chi connectivity index (χ3v) is 3.73. The van der Waals surface area contributed by atoms with Crippen LogP contribution in [0.2, 0.25) is 0 Å². The maximum Gasteiger partial charge on any atom is 0.128 e. The van der Waals surface area contributed by atoms with Crippen LogP contribution in [0, 0.1) is 17.5 Å². The van der Waals surface area contributed by atoms with Gasteiger partial charge in [0.05, 0.1) is 0 Å². The van der Waals surface area contributed by atoms with Gasteiger partial charge in [-0.1, -0.05) is 0 Å². The number of nitrogens with two attached hydrogens (primary N) is 1. The Morgan fingerprint density at radius 1 is 0.947 bits per heavy atom. The van der Waals surface area contributed by atoms with Crippen molar-refractivity contribution < 1.29 is 13.2 Å².